The van der Waals surface area contributed by atoms with Crippen molar-refractivity contribution in [2.75, 3.05) is 13.2 Å². The highest BCUT2D eigenvalue weighted by molar-refractivity contribution is 5.97. The van der Waals surface area contributed by atoms with E-state index in [1.807, 2.05) is 19.9 Å². The molecule has 3 aromatic rings. The van der Waals surface area contributed by atoms with Crippen LogP contribution in [0.15, 0.2) is 77.9 Å². The van der Waals surface area contributed by atoms with Crippen molar-refractivity contribution in [1.29, 1.82) is 0 Å². The molecular formula is C25H24N2O5. The van der Waals surface area contributed by atoms with Crippen molar-refractivity contribution in [3.63, 3.8) is 0 Å². The smallest absolute Gasteiger partial charge is 0.343 e. The SMILES string of the molecule is CCOc1cc(/C=N\NC(=O)c2ccccc2OCC)ccc1OC(=O)c1ccccc1. The monoisotopic (exact) mass is 432 g/mol. The van der Waals surface area contributed by atoms with Gasteiger partial charge in [0.05, 0.1) is 30.6 Å². The van der Waals surface area contributed by atoms with Crippen molar-refractivity contribution in [2.24, 2.45) is 5.10 Å². The Morgan fingerprint density at radius 3 is 2.28 bits per heavy atom. The maximum atomic E-state index is 12.4. The fraction of sp³-hybridized carbons (Fsp3) is 0.160. The highest BCUT2D eigenvalue weighted by atomic mass is 16.6. The molecule has 3 aromatic carbocycles. The number of hydrazone groups is 1. The topological polar surface area (TPSA) is 86.2 Å². The predicted octanol–water partition coefficient (Wildman–Crippen LogP) is 4.47. The van der Waals surface area contributed by atoms with Crippen LogP contribution in [0.2, 0.25) is 0 Å². The summed E-state index contributed by atoms with van der Waals surface area (Å²) in [6, 6.07) is 20.7. The molecule has 0 aromatic heterocycles. The number of benzene rings is 3. The maximum absolute atomic E-state index is 12.4. The Morgan fingerprint density at radius 1 is 0.844 bits per heavy atom. The molecule has 32 heavy (non-hydrogen) atoms. The Morgan fingerprint density at radius 2 is 1.53 bits per heavy atom. The van der Waals surface area contributed by atoms with E-state index >= 15 is 0 Å². The van der Waals surface area contributed by atoms with Gasteiger partial charge in [0.2, 0.25) is 0 Å². The first-order valence-corrected chi connectivity index (χ1v) is 10.2. The molecule has 0 atom stereocenters. The van der Waals surface area contributed by atoms with E-state index in [1.54, 1.807) is 66.7 Å². The Kier molecular flexibility index (Phi) is 7.97. The van der Waals surface area contributed by atoms with E-state index in [-0.39, 0.29) is 5.91 Å². The number of rotatable bonds is 9. The number of esters is 1. The highest BCUT2D eigenvalue weighted by Gasteiger charge is 2.13. The van der Waals surface area contributed by atoms with Gasteiger partial charge in [-0.2, -0.15) is 5.10 Å². The zero-order valence-corrected chi connectivity index (χ0v) is 17.9. The molecule has 0 aliphatic heterocycles. The number of hydrogen-bond donors (Lipinski definition) is 1. The molecule has 0 bridgehead atoms. The van der Waals surface area contributed by atoms with Crippen molar-refractivity contribution in [2.45, 2.75) is 13.8 Å². The molecule has 164 valence electrons. The van der Waals surface area contributed by atoms with E-state index in [1.165, 1.54) is 6.21 Å². The summed E-state index contributed by atoms with van der Waals surface area (Å²) in [6.45, 7) is 4.53. The number of nitrogens with one attached hydrogen (secondary N) is 1. The van der Waals surface area contributed by atoms with E-state index in [0.29, 0.717) is 47.2 Å². The minimum atomic E-state index is -0.479. The molecule has 0 heterocycles. The molecule has 1 N–H and O–H groups in total. The normalized spacial score (nSPS) is 10.6. The molecule has 7 heteroatoms. The van der Waals surface area contributed by atoms with Crippen molar-refractivity contribution < 1.29 is 23.8 Å². The standard InChI is InChI=1S/C25H24N2O5/c1-3-30-21-13-9-8-12-20(21)24(28)27-26-17-18-14-15-22(23(16-18)31-4-2)32-25(29)19-10-6-5-7-11-19/h5-17H,3-4H2,1-2H3,(H,27,28)/b26-17-. The van der Waals surface area contributed by atoms with Gasteiger partial charge in [0.15, 0.2) is 11.5 Å². The predicted molar refractivity (Wildman–Crippen MR) is 122 cm³/mol. The molecule has 7 nitrogen and oxygen atoms in total. The van der Waals surface area contributed by atoms with Gasteiger partial charge in [0, 0.05) is 0 Å². The molecule has 0 unspecified atom stereocenters. The minimum Gasteiger partial charge on any atom is -0.493 e. The Labute approximate surface area is 186 Å². The number of carbonyl (C=O) groups is 2. The summed E-state index contributed by atoms with van der Waals surface area (Å²) in [6.07, 6.45) is 1.48. The van der Waals surface area contributed by atoms with Crippen LogP contribution in [0.5, 0.6) is 17.2 Å². The molecule has 0 saturated carbocycles. The van der Waals surface area contributed by atoms with Gasteiger partial charge in [-0.1, -0.05) is 30.3 Å². The maximum Gasteiger partial charge on any atom is 0.343 e. The first kappa shape index (κ1) is 22.6. The molecule has 3 rings (SSSR count). The van der Waals surface area contributed by atoms with Gasteiger partial charge >= 0.3 is 5.97 Å². The summed E-state index contributed by atoms with van der Waals surface area (Å²) in [4.78, 5) is 24.8. The zero-order valence-electron chi connectivity index (χ0n) is 17.9. The lowest BCUT2D eigenvalue weighted by Crippen LogP contribution is -2.18. The van der Waals surface area contributed by atoms with Crippen molar-refractivity contribution in [3.05, 3.63) is 89.5 Å². The average Bonchev–Trinajstić information content (AvgIpc) is 2.82. The molecule has 0 fully saturated rings. The van der Waals surface area contributed by atoms with Gasteiger partial charge in [-0.15, -0.1) is 0 Å². The third-order valence-electron chi connectivity index (χ3n) is 4.29. The van der Waals surface area contributed by atoms with E-state index in [9.17, 15) is 9.59 Å². The number of hydrogen-bond acceptors (Lipinski definition) is 6. The Balaban J connectivity index is 1.70. The van der Waals surface area contributed by atoms with Crippen molar-refractivity contribution >= 4 is 18.1 Å². The lowest BCUT2D eigenvalue weighted by molar-refractivity contribution is 0.0728. The number of carbonyl (C=O) groups excluding carboxylic acids is 2. The zero-order chi connectivity index (χ0) is 22.8. The van der Waals surface area contributed by atoms with E-state index in [2.05, 4.69) is 10.5 Å². The van der Waals surface area contributed by atoms with Gasteiger partial charge in [-0.25, -0.2) is 10.2 Å². The second-order valence-corrected chi connectivity index (χ2v) is 6.52. The number of para-hydroxylation sites is 1. The largest absolute Gasteiger partial charge is 0.493 e. The lowest BCUT2D eigenvalue weighted by Gasteiger charge is -2.11. The second-order valence-electron chi connectivity index (χ2n) is 6.52. The third kappa shape index (κ3) is 5.95. The van der Waals surface area contributed by atoms with Gasteiger partial charge < -0.3 is 14.2 Å². The third-order valence-corrected chi connectivity index (χ3v) is 4.29. The van der Waals surface area contributed by atoms with Crippen molar-refractivity contribution in [3.8, 4) is 17.2 Å². The molecule has 0 aliphatic carbocycles. The average molecular weight is 432 g/mol. The van der Waals surface area contributed by atoms with Crippen LogP contribution in [-0.2, 0) is 0 Å². The number of amides is 1. The van der Waals surface area contributed by atoms with Crippen LogP contribution in [0, 0.1) is 0 Å². The van der Waals surface area contributed by atoms with Crippen LogP contribution >= 0.6 is 0 Å². The van der Waals surface area contributed by atoms with Crippen LogP contribution in [0.1, 0.15) is 40.1 Å². The van der Waals surface area contributed by atoms with E-state index in [0.717, 1.165) is 0 Å². The lowest BCUT2D eigenvalue weighted by atomic mass is 10.2. The fourth-order valence-electron chi connectivity index (χ4n) is 2.85. The van der Waals surface area contributed by atoms with Crippen LogP contribution in [0.25, 0.3) is 0 Å². The van der Waals surface area contributed by atoms with Crippen LogP contribution < -0.4 is 19.6 Å². The van der Waals surface area contributed by atoms with Gasteiger partial charge in [-0.3, -0.25) is 4.79 Å². The Bertz CT molecular complexity index is 1100. The van der Waals surface area contributed by atoms with Crippen LogP contribution in [-0.4, -0.2) is 31.3 Å². The first-order valence-electron chi connectivity index (χ1n) is 10.2. The molecule has 0 saturated heterocycles. The van der Waals surface area contributed by atoms with E-state index in [4.69, 9.17) is 14.2 Å². The fourth-order valence-corrected chi connectivity index (χ4v) is 2.85. The van der Waals surface area contributed by atoms with Gasteiger partial charge in [0.25, 0.3) is 5.91 Å². The summed E-state index contributed by atoms with van der Waals surface area (Å²) in [5.41, 5.74) is 3.98. The molecule has 0 aliphatic rings. The number of nitrogens with zero attached hydrogens (tertiary/aromatic N) is 1. The summed E-state index contributed by atoms with van der Waals surface area (Å²) in [5, 5.41) is 4.02. The minimum absolute atomic E-state index is 0.299. The molecule has 0 spiro atoms. The van der Waals surface area contributed by atoms with Crippen LogP contribution in [0.3, 0.4) is 0 Å². The summed E-state index contributed by atoms with van der Waals surface area (Å²) >= 11 is 0. The first-order chi connectivity index (χ1) is 15.6. The Hall–Kier alpha value is -4.13. The summed E-state index contributed by atoms with van der Waals surface area (Å²) in [5.74, 6) is 0.323. The van der Waals surface area contributed by atoms with E-state index < -0.39 is 5.97 Å². The molecule has 1 amide bonds. The quantitative estimate of drug-likeness (QED) is 0.233. The number of ether oxygens (including phenoxy) is 3. The summed E-state index contributed by atoms with van der Waals surface area (Å²) in [7, 11) is 0. The van der Waals surface area contributed by atoms with Crippen molar-refractivity contribution in [1.82, 2.24) is 5.43 Å². The second kappa shape index (κ2) is 11.3. The van der Waals surface area contributed by atoms with Gasteiger partial charge in [0.1, 0.15) is 5.75 Å². The highest BCUT2D eigenvalue weighted by Crippen LogP contribution is 2.29. The van der Waals surface area contributed by atoms with Gasteiger partial charge in [-0.05, 0) is 61.9 Å². The molecule has 0 radical (unpaired) electrons. The summed E-state index contributed by atoms with van der Waals surface area (Å²) < 4.78 is 16.6. The van der Waals surface area contributed by atoms with Crippen LogP contribution in [0.4, 0.5) is 0 Å². The molecular weight excluding hydrogens is 408 g/mol.